The molecule has 0 aliphatic carbocycles. The van der Waals surface area contributed by atoms with Gasteiger partial charge in [0.25, 0.3) is 0 Å². The predicted octanol–water partition coefficient (Wildman–Crippen LogP) is 6.67. The van der Waals surface area contributed by atoms with Crippen molar-refractivity contribution in [1.29, 1.82) is 0 Å². The number of nitrogen functional groups attached to an aromatic ring is 1. The third-order valence-corrected chi connectivity index (χ3v) is 4.82. The molecule has 1 nitrogen and oxygen atoms in total. The summed E-state index contributed by atoms with van der Waals surface area (Å²) in [6.07, 6.45) is 12.9. The Labute approximate surface area is 142 Å². The molecule has 0 saturated heterocycles. The zero-order valence-corrected chi connectivity index (χ0v) is 15.0. The van der Waals surface area contributed by atoms with Crippen molar-refractivity contribution in [3.8, 4) is 0 Å². The summed E-state index contributed by atoms with van der Waals surface area (Å²) in [5, 5.41) is 2.62. The lowest BCUT2D eigenvalue weighted by Gasteiger charge is -2.11. The Morgan fingerprint density at radius 2 is 1.39 bits per heavy atom. The van der Waals surface area contributed by atoms with Crippen LogP contribution in [0.4, 0.5) is 5.69 Å². The zero-order chi connectivity index (χ0) is 16.5. The van der Waals surface area contributed by atoms with Crippen LogP contribution in [0.2, 0.25) is 0 Å². The van der Waals surface area contributed by atoms with E-state index in [1.54, 1.807) is 0 Å². The van der Waals surface area contributed by atoms with Crippen LogP contribution >= 0.6 is 0 Å². The van der Waals surface area contributed by atoms with Gasteiger partial charge in [-0.05, 0) is 48.3 Å². The van der Waals surface area contributed by atoms with E-state index < -0.39 is 0 Å². The van der Waals surface area contributed by atoms with Gasteiger partial charge in [0.05, 0.1) is 0 Å². The Kier molecular flexibility index (Phi) is 7.45. The maximum Gasteiger partial charge on any atom is 0.0393 e. The van der Waals surface area contributed by atoms with Crippen molar-refractivity contribution in [3.63, 3.8) is 0 Å². The molecular weight excluding hydrogens is 278 g/mol. The maximum absolute atomic E-state index is 6.19. The summed E-state index contributed by atoms with van der Waals surface area (Å²) in [7, 11) is 0. The minimum atomic E-state index is 0.912. The third kappa shape index (κ3) is 5.27. The van der Waals surface area contributed by atoms with Crippen LogP contribution in [-0.2, 0) is 12.8 Å². The smallest absolute Gasteiger partial charge is 0.0393 e. The molecule has 0 saturated carbocycles. The van der Waals surface area contributed by atoms with E-state index in [2.05, 4.69) is 44.2 Å². The van der Waals surface area contributed by atoms with E-state index in [-0.39, 0.29) is 0 Å². The second-order valence-electron chi connectivity index (χ2n) is 6.82. The van der Waals surface area contributed by atoms with Crippen LogP contribution in [0.5, 0.6) is 0 Å². The predicted molar refractivity (Wildman–Crippen MR) is 104 cm³/mol. The van der Waals surface area contributed by atoms with Crippen LogP contribution in [0, 0.1) is 0 Å². The fraction of sp³-hybridized carbons (Fsp3) is 0.545. The highest BCUT2D eigenvalue weighted by atomic mass is 14.5. The van der Waals surface area contributed by atoms with Crippen molar-refractivity contribution >= 4 is 16.5 Å². The number of hydrogen-bond acceptors (Lipinski definition) is 1. The lowest BCUT2D eigenvalue weighted by atomic mass is 9.95. The molecule has 2 aromatic carbocycles. The molecule has 1 heteroatoms. The number of aryl methyl sites for hydroxylation is 2. The lowest BCUT2D eigenvalue weighted by Crippen LogP contribution is -1.95. The van der Waals surface area contributed by atoms with Crippen LogP contribution in [0.25, 0.3) is 10.8 Å². The van der Waals surface area contributed by atoms with Gasteiger partial charge in [-0.3, -0.25) is 0 Å². The normalized spacial score (nSPS) is 11.2. The molecule has 2 aromatic rings. The summed E-state index contributed by atoms with van der Waals surface area (Å²) in [5.41, 5.74) is 10.0. The highest BCUT2D eigenvalue weighted by molar-refractivity contribution is 5.95. The van der Waals surface area contributed by atoms with Crippen LogP contribution < -0.4 is 5.73 Å². The molecule has 126 valence electrons. The monoisotopic (exact) mass is 311 g/mol. The fourth-order valence-electron chi connectivity index (χ4n) is 3.35. The average molecular weight is 312 g/mol. The van der Waals surface area contributed by atoms with E-state index in [1.807, 2.05) is 0 Å². The van der Waals surface area contributed by atoms with Gasteiger partial charge in [-0.1, -0.05) is 76.6 Å². The second-order valence-corrected chi connectivity index (χ2v) is 6.82. The van der Waals surface area contributed by atoms with Gasteiger partial charge in [-0.2, -0.15) is 0 Å². The number of rotatable bonds is 10. The van der Waals surface area contributed by atoms with Gasteiger partial charge in [-0.15, -0.1) is 0 Å². The van der Waals surface area contributed by atoms with E-state index in [4.69, 9.17) is 5.73 Å². The van der Waals surface area contributed by atoms with Gasteiger partial charge in [0.15, 0.2) is 0 Å². The molecule has 0 unspecified atom stereocenters. The molecule has 0 atom stereocenters. The molecular formula is C22H33N. The molecule has 0 aliphatic rings. The lowest BCUT2D eigenvalue weighted by molar-refractivity contribution is 0.666. The number of hydrogen-bond donors (Lipinski definition) is 1. The number of benzene rings is 2. The molecule has 0 fully saturated rings. The molecule has 0 aliphatic heterocycles. The third-order valence-electron chi connectivity index (χ3n) is 4.82. The Bertz CT molecular complexity index is 600. The molecule has 0 spiro atoms. The number of nitrogens with two attached hydrogens (primary N) is 1. The van der Waals surface area contributed by atoms with Crippen molar-refractivity contribution < 1.29 is 0 Å². The minimum Gasteiger partial charge on any atom is -0.398 e. The topological polar surface area (TPSA) is 26.0 Å². The number of unbranched alkanes of at least 4 members (excludes halogenated alkanes) is 6. The Morgan fingerprint density at radius 1 is 0.696 bits per heavy atom. The highest BCUT2D eigenvalue weighted by Crippen LogP contribution is 2.28. The van der Waals surface area contributed by atoms with Gasteiger partial charge in [0.1, 0.15) is 0 Å². The average Bonchev–Trinajstić information content (AvgIpc) is 2.57. The van der Waals surface area contributed by atoms with Gasteiger partial charge >= 0.3 is 0 Å². The standard InChI is InChI=1S/C22H33N/c1-3-5-7-9-11-18-13-15-20-21(17-18)19(14-16-22(20)23)12-10-8-6-4-2/h13-17H,3-12,23H2,1-2H3. The first-order chi connectivity index (χ1) is 11.3. The van der Waals surface area contributed by atoms with Crippen LogP contribution in [0.3, 0.4) is 0 Å². The summed E-state index contributed by atoms with van der Waals surface area (Å²) in [6, 6.07) is 11.2. The van der Waals surface area contributed by atoms with E-state index in [1.165, 1.54) is 86.1 Å². The Morgan fingerprint density at radius 3 is 2.09 bits per heavy atom. The highest BCUT2D eigenvalue weighted by Gasteiger charge is 2.06. The molecule has 0 heterocycles. The molecule has 0 bridgehead atoms. The number of anilines is 1. The first-order valence-corrected chi connectivity index (χ1v) is 9.56. The fourth-order valence-corrected chi connectivity index (χ4v) is 3.35. The minimum absolute atomic E-state index is 0.912. The Hall–Kier alpha value is -1.50. The van der Waals surface area contributed by atoms with Crippen LogP contribution in [0.1, 0.15) is 76.3 Å². The largest absolute Gasteiger partial charge is 0.398 e. The quantitative estimate of drug-likeness (QED) is 0.385. The van der Waals surface area contributed by atoms with Gasteiger partial charge in [0.2, 0.25) is 0 Å². The van der Waals surface area contributed by atoms with Crippen molar-refractivity contribution in [1.82, 2.24) is 0 Å². The first-order valence-electron chi connectivity index (χ1n) is 9.56. The van der Waals surface area contributed by atoms with Crippen molar-refractivity contribution in [2.75, 3.05) is 5.73 Å². The summed E-state index contributed by atoms with van der Waals surface area (Å²) in [4.78, 5) is 0. The van der Waals surface area contributed by atoms with Gasteiger partial charge in [0, 0.05) is 11.1 Å². The van der Waals surface area contributed by atoms with E-state index in [0.717, 1.165) is 5.69 Å². The molecule has 2 N–H and O–H groups in total. The van der Waals surface area contributed by atoms with E-state index in [0.29, 0.717) is 0 Å². The molecule has 0 aromatic heterocycles. The molecule has 2 rings (SSSR count). The summed E-state index contributed by atoms with van der Waals surface area (Å²) in [6.45, 7) is 4.53. The Balaban J connectivity index is 2.13. The van der Waals surface area contributed by atoms with E-state index >= 15 is 0 Å². The molecule has 0 radical (unpaired) electrons. The summed E-state index contributed by atoms with van der Waals surface area (Å²) in [5.74, 6) is 0. The molecule has 0 amide bonds. The maximum atomic E-state index is 6.19. The van der Waals surface area contributed by atoms with Crippen molar-refractivity contribution in [2.45, 2.75) is 78.1 Å². The SMILES string of the molecule is CCCCCCc1ccc2c(N)ccc(CCCCCC)c2c1. The second kappa shape index (κ2) is 9.60. The number of fused-ring (bicyclic) bond motifs is 1. The molecule has 23 heavy (non-hydrogen) atoms. The van der Waals surface area contributed by atoms with Crippen LogP contribution in [0.15, 0.2) is 30.3 Å². The summed E-state index contributed by atoms with van der Waals surface area (Å²) < 4.78 is 0. The van der Waals surface area contributed by atoms with Crippen LogP contribution in [-0.4, -0.2) is 0 Å². The van der Waals surface area contributed by atoms with Gasteiger partial charge in [-0.25, -0.2) is 0 Å². The zero-order valence-electron chi connectivity index (χ0n) is 15.0. The summed E-state index contributed by atoms with van der Waals surface area (Å²) >= 11 is 0. The first kappa shape index (κ1) is 17.8. The van der Waals surface area contributed by atoms with E-state index in [9.17, 15) is 0 Å². The van der Waals surface area contributed by atoms with Crippen molar-refractivity contribution in [3.05, 3.63) is 41.5 Å². The van der Waals surface area contributed by atoms with Crippen molar-refractivity contribution in [2.24, 2.45) is 0 Å². The van der Waals surface area contributed by atoms with Gasteiger partial charge < -0.3 is 5.73 Å².